The summed E-state index contributed by atoms with van der Waals surface area (Å²) in [5.41, 5.74) is 1.38. The van der Waals surface area contributed by atoms with Crippen LogP contribution in [-0.4, -0.2) is 74.4 Å². The molecule has 178 valence electrons. The number of hydrogen-bond acceptors (Lipinski definition) is 7. The third-order valence-electron chi connectivity index (χ3n) is 5.93. The molecule has 0 spiro atoms. The van der Waals surface area contributed by atoms with Gasteiger partial charge < -0.3 is 19.4 Å². The molecule has 1 atom stereocenters. The van der Waals surface area contributed by atoms with Crippen molar-refractivity contribution in [3.8, 4) is 0 Å². The summed E-state index contributed by atoms with van der Waals surface area (Å²) in [5, 5.41) is 2.82. The second kappa shape index (κ2) is 10.1. The van der Waals surface area contributed by atoms with Crippen molar-refractivity contribution in [3.63, 3.8) is 0 Å². The van der Waals surface area contributed by atoms with E-state index in [0.29, 0.717) is 31.1 Å². The van der Waals surface area contributed by atoms with Crippen LogP contribution in [0.25, 0.3) is 0 Å². The van der Waals surface area contributed by atoms with E-state index in [2.05, 4.69) is 10.2 Å². The molecule has 3 heterocycles. The molecule has 2 aliphatic rings. The Morgan fingerprint density at radius 1 is 1.12 bits per heavy atom. The topological polar surface area (TPSA) is 109 Å². The highest BCUT2D eigenvalue weighted by molar-refractivity contribution is 7.90. The molecule has 4 rings (SSSR count). The number of hydrogen-bond donors (Lipinski definition) is 1. The lowest BCUT2D eigenvalue weighted by atomic mass is 10.1. The van der Waals surface area contributed by atoms with Gasteiger partial charge in [0, 0.05) is 31.5 Å². The summed E-state index contributed by atoms with van der Waals surface area (Å²) in [6, 6.07) is 10.0. The Morgan fingerprint density at radius 3 is 2.58 bits per heavy atom. The number of ether oxygens (including phenoxy) is 1. The predicted octanol–water partition coefficient (Wildman–Crippen LogP) is 1.19. The van der Waals surface area contributed by atoms with Crippen LogP contribution in [0.5, 0.6) is 0 Å². The highest BCUT2D eigenvalue weighted by Crippen LogP contribution is 2.26. The first kappa shape index (κ1) is 23.5. The summed E-state index contributed by atoms with van der Waals surface area (Å²) in [6.45, 7) is 4.22. The Bertz CT molecular complexity index is 1110. The second-order valence-electron chi connectivity index (χ2n) is 8.50. The van der Waals surface area contributed by atoms with E-state index >= 15 is 0 Å². The lowest BCUT2D eigenvalue weighted by Gasteiger charge is -2.26. The summed E-state index contributed by atoms with van der Waals surface area (Å²) < 4.78 is 34.7. The summed E-state index contributed by atoms with van der Waals surface area (Å²) in [4.78, 5) is 29.7. The van der Waals surface area contributed by atoms with Crippen LogP contribution in [-0.2, 0) is 39.0 Å². The van der Waals surface area contributed by atoms with Crippen molar-refractivity contribution >= 4 is 21.7 Å². The molecule has 2 amide bonds. The molecule has 1 aromatic heterocycles. The molecule has 9 nitrogen and oxygen atoms in total. The van der Waals surface area contributed by atoms with Gasteiger partial charge in [0.2, 0.25) is 5.91 Å². The number of nitrogens with one attached hydrogen (secondary N) is 1. The Morgan fingerprint density at radius 2 is 1.85 bits per heavy atom. The van der Waals surface area contributed by atoms with Gasteiger partial charge in [0.1, 0.15) is 27.4 Å². The maximum atomic E-state index is 13.1. The van der Waals surface area contributed by atoms with Crippen molar-refractivity contribution in [1.82, 2.24) is 15.1 Å². The van der Waals surface area contributed by atoms with E-state index in [1.165, 1.54) is 4.90 Å². The minimum absolute atomic E-state index is 0.0326. The first-order valence-corrected chi connectivity index (χ1v) is 13.1. The van der Waals surface area contributed by atoms with Crippen molar-refractivity contribution in [2.75, 3.05) is 38.3 Å². The third-order valence-corrected chi connectivity index (χ3v) is 6.90. The number of fused-ring (bicyclic) bond motifs is 1. The Hall–Kier alpha value is -2.69. The number of carbonyl (C=O) groups is 2. The van der Waals surface area contributed by atoms with Crippen LogP contribution in [0, 0.1) is 0 Å². The molecule has 0 aliphatic carbocycles. The quantitative estimate of drug-likeness (QED) is 0.580. The van der Waals surface area contributed by atoms with Crippen molar-refractivity contribution in [2.45, 2.75) is 32.1 Å². The van der Waals surface area contributed by atoms with Gasteiger partial charge >= 0.3 is 0 Å². The first-order valence-electron chi connectivity index (χ1n) is 11.0. The largest absolute Gasteiger partial charge is 0.463 e. The van der Waals surface area contributed by atoms with Crippen LogP contribution in [0.3, 0.4) is 0 Å². The van der Waals surface area contributed by atoms with Gasteiger partial charge in [0.25, 0.3) is 5.91 Å². The molecule has 0 bridgehead atoms. The van der Waals surface area contributed by atoms with Gasteiger partial charge in [-0.2, -0.15) is 0 Å². The molecule has 1 N–H and O–H groups in total. The van der Waals surface area contributed by atoms with E-state index < -0.39 is 21.8 Å². The van der Waals surface area contributed by atoms with Gasteiger partial charge in [-0.3, -0.25) is 14.5 Å². The zero-order chi connectivity index (χ0) is 23.4. The molecular formula is C23H29N3O6S. The number of carbonyl (C=O) groups excluding carboxylic acids is 2. The number of benzene rings is 1. The highest BCUT2D eigenvalue weighted by Gasteiger charge is 2.36. The van der Waals surface area contributed by atoms with Crippen LogP contribution >= 0.6 is 0 Å². The number of morpholine rings is 1. The molecule has 2 aliphatic heterocycles. The fourth-order valence-corrected chi connectivity index (χ4v) is 4.81. The van der Waals surface area contributed by atoms with Crippen molar-refractivity contribution in [2.24, 2.45) is 0 Å². The minimum atomic E-state index is -3.30. The molecular weight excluding hydrogens is 446 g/mol. The van der Waals surface area contributed by atoms with E-state index in [4.69, 9.17) is 9.15 Å². The highest BCUT2D eigenvalue weighted by atomic mass is 32.2. The van der Waals surface area contributed by atoms with E-state index in [1.807, 2.05) is 24.3 Å². The maximum absolute atomic E-state index is 13.1. The molecule has 33 heavy (non-hydrogen) atoms. The average molecular weight is 476 g/mol. The number of rotatable bonds is 9. The monoisotopic (exact) mass is 475 g/mol. The lowest BCUT2D eigenvalue weighted by Crippen LogP contribution is -2.47. The van der Waals surface area contributed by atoms with Crippen molar-refractivity contribution < 1.29 is 27.2 Å². The lowest BCUT2D eigenvalue weighted by molar-refractivity contribution is -0.126. The van der Waals surface area contributed by atoms with Crippen LogP contribution in [0.4, 0.5) is 0 Å². The molecule has 2 aromatic rings. The molecule has 1 aromatic carbocycles. The zero-order valence-corrected chi connectivity index (χ0v) is 19.5. The molecule has 0 saturated carbocycles. The number of furan rings is 1. The SMILES string of the molecule is CS(=O)(=O)CCC(C(=O)NCc1ccc(CN2CCOCC2)o1)N1Cc2ccccc2C1=O. The molecule has 0 radical (unpaired) electrons. The first-order chi connectivity index (χ1) is 15.8. The van der Waals surface area contributed by atoms with Crippen LogP contribution < -0.4 is 5.32 Å². The number of amides is 2. The van der Waals surface area contributed by atoms with Gasteiger partial charge in [0.05, 0.1) is 32.1 Å². The Balaban J connectivity index is 1.40. The van der Waals surface area contributed by atoms with E-state index in [0.717, 1.165) is 30.7 Å². The van der Waals surface area contributed by atoms with E-state index in [-0.39, 0.29) is 31.2 Å². The van der Waals surface area contributed by atoms with Gasteiger partial charge in [-0.05, 0) is 30.2 Å². The van der Waals surface area contributed by atoms with Crippen molar-refractivity contribution in [3.05, 3.63) is 59.0 Å². The summed E-state index contributed by atoms with van der Waals surface area (Å²) in [5.74, 6) is 0.566. The van der Waals surface area contributed by atoms with Gasteiger partial charge in [-0.25, -0.2) is 8.42 Å². The summed E-state index contributed by atoms with van der Waals surface area (Å²) in [7, 11) is -3.30. The van der Waals surface area contributed by atoms with E-state index in [1.54, 1.807) is 12.1 Å². The van der Waals surface area contributed by atoms with Crippen LogP contribution in [0.1, 0.15) is 33.9 Å². The van der Waals surface area contributed by atoms with Crippen molar-refractivity contribution in [1.29, 1.82) is 0 Å². The van der Waals surface area contributed by atoms with Crippen LogP contribution in [0.15, 0.2) is 40.8 Å². The van der Waals surface area contributed by atoms with Gasteiger partial charge in [0.15, 0.2) is 0 Å². The fourth-order valence-electron chi connectivity index (χ4n) is 4.16. The van der Waals surface area contributed by atoms with Crippen LogP contribution in [0.2, 0.25) is 0 Å². The molecule has 1 fully saturated rings. The molecule has 1 saturated heterocycles. The maximum Gasteiger partial charge on any atom is 0.255 e. The third kappa shape index (κ3) is 6.01. The van der Waals surface area contributed by atoms with Gasteiger partial charge in [-0.15, -0.1) is 0 Å². The standard InChI is InChI=1S/C23H29N3O6S/c1-33(29,30)13-8-21(26-15-17-4-2-3-5-20(17)23(26)28)22(27)24-14-18-6-7-19(32-18)16-25-9-11-31-12-10-25/h2-7,21H,8-16H2,1H3,(H,24,27). The molecule has 1 unspecified atom stereocenters. The van der Waals surface area contributed by atoms with E-state index in [9.17, 15) is 18.0 Å². The minimum Gasteiger partial charge on any atom is -0.463 e. The summed E-state index contributed by atoms with van der Waals surface area (Å²) in [6.07, 6.45) is 1.16. The smallest absolute Gasteiger partial charge is 0.255 e. The fraction of sp³-hybridized carbons (Fsp3) is 0.478. The van der Waals surface area contributed by atoms with Gasteiger partial charge in [-0.1, -0.05) is 18.2 Å². The normalized spacial score (nSPS) is 17.7. The zero-order valence-electron chi connectivity index (χ0n) is 18.7. The Kier molecular flexibility index (Phi) is 7.16. The predicted molar refractivity (Wildman–Crippen MR) is 121 cm³/mol. The molecule has 10 heteroatoms. The second-order valence-corrected chi connectivity index (χ2v) is 10.8. The number of nitrogens with zero attached hydrogens (tertiary/aromatic N) is 2. The Labute approximate surface area is 193 Å². The number of sulfone groups is 1. The summed E-state index contributed by atoms with van der Waals surface area (Å²) >= 11 is 0. The average Bonchev–Trinajstić information content (AvgIpc) is 3.37.